The minimum atomic E-state index is -1.11. The number of hydrogen-bond acceptors (Lipinski definition) is 3. The molecule has 1 fully saturated rings. The van der Waals surface area contributed by atoms with Crippen molar-refractivity contribution in [1.82, 2.24) is 4.90 Å². The van der Waals surface area contributed by atoms with E-state index in [1.54, 1.807) is 0 Å². The quantitative estimate of drug-likeness (QED) is 0.878. The number of rotatable bonds is 2. The third-order valence-electron chi connectivity index (χ3n) is 2.54. The topological polar surface area (TPSA) is 78.9 Å². The Balaban J connectivity index is 2.10. The Morgan fingerprint density at radius 2 is 1.95 bits per heavy atom. The van der Waals surface area contributed by atoms with Gasteiger partial charge in [-0.15, -0.1) is 0 Å². The second-order valence-corrected chi connectivity index (χ2v) is 4.78. The Bertz CT molecular complexity index is 503. The second-order valence-electron chi connectivity index (χ2n) is 3.91. The van der Waals surface area contributed by atoms with Crippen LogP contribution in [0.25, 0.3) is 0 Å². The summed E-state index contributed by atoms with van der Waals surface area (Å²) >= 11 is 11.6. The van der Waals surface area contributed by atoms with Gasteiger partial charge < -0.3 is 15.2 Å². The maximum absolute atomic E-state index is 11.9. The van der Waals surface area contributed by atoms with Crippen LogP contribution in [0, 0.1) is 0 Å². The molecular weight excluding hydrogens is 295 g/mol. The van der Waals surface area contributed by atoms with Gasteiger partial charge in [-0.05, 0) is 18.2 Å². The zero-order valence-electron chi connectivity index (χ0n) is 9.60. The van der Waals surface area contributed by atoms with Gasteiger partial charge in [0.2, 0.25) is 0 Å². The zero-order valence-corrected chi connectivity index (χ0v) is 11.1. The van der Waals surface area contributed by atoms with Crippen molar-refractivity contribution in [2.75, 3.05) is 18.7 Å². The van der Waals surface area contributed by atoms with Crippen molar-refractivity contribution in [2.24, 2.45) is 0 Å². The number of carboxylic acid groups (broad SMARTS) is 1. The molecule has 102 valence electrons. The number of halogens is 2. The summed E-state index contributed by atoms with van der Waals surface area (Å²) in [6, 6.07) is 2.98. The standard InChI is InChI=1S/C11H10Cl2N2O4/c12-6-1-7(13)3-8(2-6)14-11(18)15-5-19-4-9(15)10(16)17/h1-3,9H,4-5H2,(H,14,18)(H,16,17)/t9-/m0/s1. The minimum absolute atomic E-state index is 0.0287. The molecule has 0 aliphatic carbocycles. The summed E-state index contributed by atoms with van der Waals surface area (Å²) in [6.45, 7) is -0.101. The molecule has 1 heterocycles. The predicted molar refractivity (Wildman–Crippen MR) is 69.6 cm³/mol. The Morgan fingerprint density at radius 3 is 2.53 bits per heavy atom. The normalized spacial score (nSPS) is 18.4. The molecule has 0 saturated carbocycles. The van der Waals surface area contributed by atoms with E-state index >= 15 is 0 Å². The van der Waals surface area contributed by atoms with Gasteiger partial charge in [0.15, 0.2) is 6.04 Å². The van der Waals surface area contributed by atoms with Gasteiger partial charge in [-0.2, -0.15) is 0 Å². The number of nitrogens with one attached hydrogen (secondary N) is 1. The van der Waals surface area contributed by atoms with E-state index in [9.17, 15) is 9.59 Å². The molecule has 19 heavy (non-hydrogen) atoms. The van der Waals surface area contributed by atoms with Crippen molar-refractivity contribution in [2.45, 2.75) is 6.04 Å². The smallest absolute Gasteiger partial charge is 0.328 e. The van der Waals surface area contributed by atoms with Gasteiger partial charge in [-0.25, -0.2) is 9.59 Å². The van der Waals surface area contributed by atoms with Gasteiger partial charge in [0.25, 0.3) is 0 Å². The fraction of sp³-hybridized carbons (Fsp3) is 0.273. The molecule has 2 rings (SSSR count). The predicted octanol–water partition coefficient (Wildman–Crippen LogP) is 2.27. The van der Waals surface area contributed by atoms with Gasteiger partial charge >= 0.3 is 12.0 Å². The lowest BCUT2D eigenvalue weighted by Crippen LogP contribution is -2.43. The lowest BCUT2D eigenvalue weighted by atomic mass is 10.3. The van der Waals surface area contributed by atoms with Crippen LogP contribution >= 0.6 is 23.2 Å². The van der Waals surface area contributed by atoms with Crippen LogP contribution in [-0.4, -0.2) is 41.4 Å². The molecule has 0 radical (unpaired) electrons. The molecule has 8 heteroatoms. The van der Waals surface area contributed by atoms with Crippen LogP contribution in [0.4, 0.5) is 10.5 Å². The number of carboxylic acids is 1. The van der Waals surface area contributed by atoms with E-state index in [2.05, 4.69) is 5.32 Å². The molecule has 1 atom stereocenters. The van der Waals surface area contributed by atoms with Crippen LogP contribution in [0.2, 0.25) is 10.0 Å². The summed E-state index contributed by atoms with van der Waals surface area (Å²) < 4.78 is 4.97. The summed E-state index contributed by atoms with van der Waals surface area (Å²) in [5.41, 5.74) is 0.388. The van der Waals surface area contributed by atoms with E-state index in [1.165, 1.54) is 18.2 Å². The maximum atomic E-state index is 11.9. The Hall–Kier alpha value is -1.50. The van der Waals surface area contributed by atoms with Gasteiger partial charge in [0, 0.05) is 15.7 Å². The first-order chi connectivity index (χ1) is 8.97. The fourth-order valence-electron chi connectivity index (χ4n) is 1.67. The van der Waals surface area contributed by atoms with E-state index < -0.39 is 18.0 Å². The third kappa shape index (κ3) is 3.28. The number of aliphatic carboxylic acids is 1. The van der Waals surface area contributed by atoms with Crippen molar-refractivity contribution in [3.63, 3.8) is 0 Å². The monoisotopic (exact) mass is 304 g/mol. The molecule has 1 aromatic rings. The molecule has 1 aliphatic heterocycles. The van der Waals surface area contributed by atoms with Gasteiger partial charge in [-0.3, -0.25) is 4.90 Å². The first kappa shape index (κ1) is 13.9. The van der Waals surface area contributed by atoms with E-state index in [-0.39, 0.29) is 13.3 Å². The third-order valence-corrected chi connectivity index (χ3v) is 2.98. The van der Waals surface area contributed by atoms with Crippen LogP contribution < -0.4 is 5.32 Å². The maximum Gasteiger partial charge on any atom is 0.328 e. The Kier molecular flexibility index (Phi) is 4.14. The van der Waals surface area contributed by atoms with Gasteiger partial charge in [0.1, 0.15) is 6.73 Å². The Morgan fingerprint density at radius 1 is 1.32 bits per heavy atom. The summed E-state index contributed by atoms with van der Waals surface area (Å²) in [5.74, 6) is -1.11. The largest absolute Gasteiger partial charge is 0.480 e. The molecule has 1 aliphatic rings. The molecule has 1 aromatic carbocycles. The number of ether oxygens (including phenoxy) is 1. The number of carbonyl (C=O) groups excluding carboxylic acids is 1. The highest BCUT2D eigenvalue weighted by molar-refractivity contribution is 6.35. The van der Waals surface area contributed by atoms with Crippen molar-refractivity contribution in [1.29, 1.82) is 0 Å². The minimum Gasteiger partial charge on any atom is -0.480 e. The van der Waals surface area contributed by atoms with Crippen LogP contribution in [0.3, 0.4) is 0 Å². The molecule has 2 N–H and O–H groups in total. The van der Waals surface area contributed by atoms with Crippen LogP contribution in [0.15, 0.2) is 18.2 Å². The average molecular weight is 305 g/mol. The first-order valence-corrected chi connectivity index (χ1v) is 6.07. The summed E-state index contributed by atoms with van der Waals surface area (Å²) in [7, 11) is 0. The lowest BCUT2D eigenvalue weighted by Gasteiger charge is -2.19. The van der Waals surface area contributed by atoms with Crippen LogP contribution in [0.5, 0.6) is 0 Å². The number of urea groups is 1. The van der Waals surface area contributed by atoms with Crippen molar-refractivity contribution in [3.05, 3.63) is 28.2 Å². The second kappa shape index (κ2) is 5.64. The van der Waals surface area contributed by atoms with Crippen molar-refractivity contribution in [3.8, 4) is 0 Å². The Labute approximate surface area is 118 Å². The number of nitrogens with zero attached hydrogens (tertiary/aromatic N) is 1. The van der Waals surface area contributed by atoms with Crippen LogP contribution in [-0.2, 0) is 9.53 Å². The number of amides is 2. The molecule has 0 unspecified atom stereocenters. The van der Waals surface area contributed by atoms with E-state index in [1.807, 2.05) is 0 Å². The molecule has 6 nitrogen and oxygen atoms in total. The number of hydrogen-bond donors (Lipinski definition) is 2. The first-order valence-electron chi connectivity index (χ1n) is 5.31. The summed E-state index contributed by atoms with van der Waals surface area (Å²) in [4.78, 5) is 24.0. The van der Waals surface area contributed by atoms with E-state index in [0.717, 1.165) is 4.90 Å². The number of benzene rings is 1. The average Bonchev–Trinajstić information content (AvgIpc) is 2.75. The molecule has 0 aromatic heterocycles. The van der Waals surface area contributed by atoms with Crippen molar-refractivity contribution >= 4 is 40.9 Å². The SMILES string of the molecule is O=C(O)[C@@H]1COCN1C(=O)Nc1cc(Cl)cc(Cl)c1. The molecule has 1 saturated heterocycles. The summed E-state index contributed by atoms with van der Waals surface area (Å²) in [6.07, 6.45) is 0. The highest BCUT2D eigenvalue weighted by Crippen LogP contribution is 2.23. The summed E-state index contributed by atoms with van der Waals surface area (Å²) in [5, 5.41) is 12.2. The van der Waals surface area contributed by atoms with Crippen molar-refractivity contribution < 1.29 is 19.4 Å². The zero-order chi connectivity index (χ0) is 14.0. The van der Waals surface area contributed by atoms with E-state index in [4.69, 9.17) is 33.0 Å². The highest BCUT2D eigenvalue weighted by Gasteiger charge is 2.35. The van der Waals surface area contributed by atoms with Gasteiger partial charge in [-0.1, -0.05) is 23.2 Å². The molecule has 0 spiro atoms. The van der Waals surface area contributed by atoms with Crippen LogP contribution in [0.1, 0.15) is 0 Å². The van der Waals surface area contributed by atoms with Gasteiger partial charge in [0.05, 0.1) is 6.61 Å². The van der Waals surface area contributed by atoms with E-state index in [0.29, 0.717) is 15.7 Å². The fourth-order valence-corrected chi connectivity index (χ4v) is 2.19. The highest BCUT2D eigenvalue weighted by atomic mass is 35.5. The number of carbonyl (C=O) groups is 2. The number of anilines is 1. The lowest BCUT2D eigenvalue weighted by molar-refractivity contribution is -0.140. The molecular formula is C11H10Cl2N2O4. The molecule has 0 bridgehead atoms. The molecule has 2 amide bonds.